The molecule has 1 aromatic heterocycles. The van der Waals surface area contributed by atoms with Crippen molar-refractivity contribution >= 4 is 28.4 Å². The molecule has 0 aliphatic rings. The molecule has 0 aliphatic heterocycles. The van der Waals surface area contributed by atoms with Crippen molar-refractivity contribution in [3.8, 4) is 0 Å². The van der Waals surface area contributed by atoms with Gasteiger partial charge in [-0.1, -0.05) is 11.8 Å². The van der Waals surface area contributed by atoms with E-state index < -0.39 is 0 Å². The average Bonchev–Trinajstić information content (AvgIpc) is 2.52. The molecule has 0 aliphatic carbocycles. The fourth-order valence-corrected chi connectivity index (χ4v) is 0.819. The highest BCUT2D eigenvalue weighted by atomic mass is 32.2. The molecule has 0 N–H and O–H groups in total. The zero-order valence-corrected chi connectivity index (χ0v) is 7.71. The Morgan fingerprint density at radius 1 is 1.82 bits per heavy atom. The summed E-state index contributed by atoms with van der Waals surface area (Å²) in [4.78, 5) is 0. The molecule has 0 saturated heterocycles. The van der Waals surface area contributed by atoms with Crippen molar-refractivity contribution in [2.45, 2.75) is 6.61 Å². The third-order valence-corrected chi connectivity index (χ3v) is 2.15. The van der Waals surface area contributed by atoms with Crippen LogP contribution in [0.4, 0.5) is 0 Å². The third-order valence-electron chi connectivity index (χ3n) is 1.08. The Morgan fingerprint density at radius 3 is 3.18 bits per heavy atom. The molecule has 0 unspecified atom stereocenters. The fraction of sp³-hybridized carbons (Fsp3) is 0.286. The van der Waals surface area contributed by atoms with Crippen LogP contribution >= 0.6 is 24.0 Å². The molecule has 0 atom stereocenters. The molecule has 2 nitrogen and oxygen atoms in total. The molecule has 4 heteroatoms. The summed E-state index contributed by atoms with van der Waals surface area (Å²) in [5, 5.41) is 0. The summed E-state index contributed by atoms with van der Waals surface area (Å²) in [5.74, 6) is 0.793. The summed E-state index contributed by atoms with van der Waals surface area (Å²) in [7, 11) is 0. The quantitative estimate of drug-likeness (QED) is 0.665. The lowest BCUT2D eigenvalue weighted by Gasteiger charge is -2.00. The Kier molecular flexibility index (Phi) is 3.45. The van der Waals surface area contributed by atoms with Crippen molar-refractivity contribution in [2.75, 3.05) is 6.26 Å². The molecule has 1 heterocycles. The number of hydrogen-bond acceptors (Lipinski definition) is 4. The summed E-state index contributed by atoms with van der Waals surface area (Å²) in [6.07, 6.45) is 3.49. The Balaban J connectivity index is 2.29. The summed E-state index contributed by atoms with van der Waals surface area (Å²) in [6.45, 7) is 0.423. The Labute approximate surface area is 74.9 Å². The van der Waals surface area contributed by atoms with Crippen LogP contribution in [0, 0.1) is 0 Å². The van der Waals surface area contributed by atoms with Crippen LogP contribution in [0.25, 0.3) is 0 Å². The molecule has 0 spiro atoms. The Hall–Kier alpha value is -0.480. The van der Waals surface area contributed by atoms with E-state index in [0.717, 1.165) is 5.76 Å². The van der Waals surface area contributed by atoms with Gasteiger partial charge in [-0.2, -0.15) is 0 Å². The number of furan rings is 1. The van der Waals surface area contributed by atoms with E-state index in [2.05, 4.69) is 0 Å². The van der Waals surface area contributed by atoms with Gasteiger partial charge in [-0.3, -0.25) is 0 Å². The topological polar surface area (TPSA) is 22.4 Å². The number of rotatable bonds is 2. The minimum Gasteiger partial charge on any atom is -0.470 e. The SMILES string of the molecule is CSC(=S)OCc1ccco1. The van der Waals surface area contributed by atoms with Gasteiger partial charge in [-0.05, 0) is 30.6 Å². The molecule has 1 rings (SSSR count). The second kappa shape index (κ2) is 4.41. The summed E-state index contributed by atoms with van der Waals surface area (Å²) in [5.41, 5.74) is 0. The molecule has 0 bridgehead atoms. The van der Waals surface area contributed by atoms with E-state index in [9.17, 15) is 0 Å². The largest absolute Gasteiger partial charge is 0.470 e. The van der Waals surface area contributed by atoms with Gasteiger partial charge in [0.25, 0.3) is 0 Å². The standard InChI is InChI=1S/C7H8O2S2/c1-11-7(10)9-5-6-3-2-4-8-6/h2-4H,5H2,1H3. The Bertz CT molecular complexity index is 218. The summed E-state index contributed by atoms with van der Waals surface area (Å²) < 4.78 is 10.7. The lowest BCUT2D eigenvalue weighted by atomic mass is 10.5. The number of thioether (sulfide) groups is 1. The highest BCUT2D eigenvalue weighted by Gasteiger charge is 1.97. The minimum absolute atomic E-state index is 0.423. The minimum atomic E-state index is 0.423. The monoisotopic (exact) mass is 188 g/mol. The van der Waals surface area contributed by atoms with Gasteiger partial charge in [0.2, 0.25) is 4.38 Å². The number of ether oxygens (including phenoxy) is 1. The highest BCUT2D eigenvalue weighted by Crippen LogP contribution is 2.06. The zero-order chi connectivity index (χ0) is 8.10. The van der Waals surface area contributed by atoms with Crippen LogP contribution in [0.1, 0.15) is 5.76 Å². The lowest BCUT2D eigenvalue weighted by Crippen LogP contribution is -1.95. The molecule has 0 fully saturated rings. The van der Waals surface area contributed by atoms with Crippen molar-refractivity contribution in [3.05, 3.63) is 24.2 Å². The van der Waals surface area contributed by atoms with Crippen LogP contribution in [0.5, 0.6) is 0 Å². The summed E-state index contributed by atoms with van der Waals surface area (Å²) >= 11 is 6.24. The second-order valence-electron chi connectivity index (χ2n) is 1.82. The normalized spacial score (nSPS) is 9.55. The van der Waals surface area contributed by atoms with Crippen molar-refractivity contribution in [1.82, 2.24) is 0 Å². The molecule has 0 aromatic carbocycles. The second-order valence-corrected chi connectivity index (χ2v) is 3.23. The third kappa shape index (κ3) is 2.95. The average molecular weight is 188 g/mol. The molecule has 1 aromatic rings. The highest BCUT2D eigenvalue weighted by molar-refractivity contribution is 8.22. The maximum absolute atomic E-state index is 5.14. The van der Waals surface area contributed by atoms with Crippen molar-refractivity contribution in [1.29, 1.82) is 0 Å². The molecular formula is C7H8O2S2. The van der Waals surface area contributed by atoms with E-state index in [4.69, 9.17) is 21.4 Å². The predicted molar refractivity (Wildman–Crippen MR) is 49.6 cm³/mol. The van der Waals surface area contributed by atoms with E-state index in [0.29, 0.717) is 11.0 Å². The van der Waals surface area contributed by atoms with E-state index in [-0.39, 0.29) is 0 Å². The van der Waals surface area contributed by atoms with Gasteiger partial charge in [0.05, 0.1) is 6.26 Å². The zero-order valence-electron chi connectivity index (χ0n) is 6.07. The molecule has 0 amide bonds. The van der Waals surface area contributed by atoms with E-state index in [1.807, 2.05) is 18.4 Å². The number of thiocarbonyl (C=S) groups is 1. The maximum Gasteiger partial charge on any atom is 0.220 e. The fourth-order valence-electron chi connectivity index (χ4n) is 0.584. The van der Waals surface area contributed by atoms with Gasteiger partial charge in [-0.15, -0.1) is 0 Å². The smallest absolute Gasteiger partial charge is 0.220 e. The van der Waals surface area contributed by atoms with Crippen LogP contribution < -0.4 is 0 Å². The van der Waals surface area contributed by atoms with Gasteiger partial charge >= 0.3 is 0 Å². The first-order chi connectivity index (χ1) is 5.33. The van der Waals surface area contributed by atoms with E-state index in [1.54, 1.807) is 6.26 Å². The first-order valence-electron chi connectivity index (χ1n) is 3.06. The first kappa shape index (κ1) is 8.62. The van der Waals surface area contributed by atoms with Crippen LogP contribution in [0.15, 0.2) is 22.8 Å². The molecular weight excluding hydrogens is 180 g/mol. The van der Waals surface area contributed by atoms with Crippen LogP contribution in [-0.4, -0.2) is 10.6 Å². The van der Waals surface area contributed by atoms with Crippen LogP contribution in [0.2, 0.25) is 0 Å². The van der Waals surface area contributed by atoms with E-state index >= 15 is 0 Å². The van der Waals surface area contributed by atoms with Crippen molar-refractivity contribution < 1.29 is 9.15 Å². The Morgan fingerprint density at radius 2 is 2.64 bits per heavy atom. The molecule has 60 valence electrons. The molecule has 11 heavy (non-hydrogen) atoms. The van der Waals surface area contributed by atoms with E-state index in [1.165, 1.54) is 11.8 Å². The molecule has 0 radical (unpaired) electrons. The molecule has 0 saturated carbocycles. The lowest BCUT2D eigenvalue weighted by molar-refractivity contribution is 0.272. The van der Waals surface area contributed by atoms with Crippen molar-refractivity contribution in [2.24, 2.45) is 0 Å². The van der Waals surface area contributed by atoms with Gasteiger partial charge < -0.3 is 9.15 Å². The van der Waals surface area contributed by atoms with Gasteiger partial charge in [-0.25, -0.2) is 0 Å². The van der Waals surface area contributed by atoms with Gasteiger partial charge in [0.15, 0.2) is 0 Å². The predicted octanol–water partition coefficient (Wildman–Crippen LogP) is 2.44. The van der Waals surface area contributed by atoms with Crippen LogP contribution in [-0.2, 0) is 11.3 Å². The van der Waals surface area contributed by atoms with Crippen LogP contribution in [0.3, 0.4) is 0 Å². The summed E-state index contributed by atoms with van der Waals surface area (Å²) in [6, 6.07) is 3.67. The maximum atomic E-state index is 5.14. The number of hydrogen-bond donors (Lipinski definition) is 0. The first-order valence-corrected chi connectivity index (χ1v) is 4.69. The van der Waals surface area contributed by atoms with Gasteiger partial charge in [0, 0.05) is 0 Å². The van der Waals surface area contributed by atoms with Gasteiger partial charge in [0.1, 0.15) is 12.4 Å². The van der Waals surface area contributed by atoms with Crippen molar-refractivity contribution in [3.63, 3.8) is 0 Å².